The largest absolute Gasteiger partial charge is 0.367 e. The highest BCUT2D eigenvalue weighted by molar-refractivity contribution is 6.33. The van der Waals surface area contributed by atoms with Crippen molar-refractivity contribution in [3.05, 3.63) is 59.3 Å². The number of anilines is 2. The number of piperazine rings is 1. The predicted molar refractivity (Wildman–Crippen MR) is 127 cm³/mol. The Balaban J connectivity index is 1.50. The Morgan fingerprint density at radius 1 is 1.12 bits per heavy atom. The molecule has 0 spiro atoms. The van der Waals surface area contributed by atoms with Crippen LogP contribution in [0.4, 0.5) is 11.4 Å². The van der Waals surface area contributed by atoms with Crippen LogP contribution in [0.3, 0.4) is 0 Å². The van der Waals surface area contributed by atoms with Crippen molar-refractivity contribution in [2.24, 2.45) is 0 Å². The van der Waals surface area contributed by atoms with Crippen molar-refractivity contribution in [3.63, 3.8) is 0 Å². The summed E-state index contributed by atoms with van der Waals surface area (Å²) in [5, 5.41) is 6.96. The summed E-state index contributed by atoms with van der Waals surface area (Å²) in [4.78, 5) is 29.0. The van der Waals surface area contributed by atoms with Gasteiger partial charge in [-0.2, -0.15) is 0 Å². The molecule has 0 bridgehead atoms. The molecule has 2 atom stereocenters. The number of nitrogens with zero attached hydrogens (tertiary/aromatic N) is 5. The van der Waals surface area contributed by atoms with Gasteiger partial charge in [-0.25, -0.2) is 4.98 Å². The summed E-state index contributed by atoms with van der Waals surface area (Å²) in [5.74, 6) is -0.267. The van der Waals surface area contributed by atoms with E-state index in [1.165, 1.54) is 0 Å². The van der Waals surface area contributed by atoms with Crippen LogP contribution in [0.5, 0.6) is 0 Å². The van der Waals surface area contributed by atoms with E-state index in [0.717, 1.165) is 30.0 Å². The molecule has 1 fully saturated rings. The zero-order valence-electron chi connectivity index (χ0n) is 18.1. The molecule has 5 rings (SSSR count). The molecule has 1 saturated heterocycles. The third kappa shape index (κ3) is 3.76. The maximum Gasteiger partial charge on any atom is 0.257 e. The smallest absolute Gasteiger partial charge is 0.257 e. The maximum absolute atomic E-state index is 13.2. The van der Waals surface area contributed by atoms with Crippen LogP contribution in [0, 0.1) is 6.92 Å². The molecular formula is C23H24ClN7O. The Labute approximate surface area is 190 Å². The van der Waals surface area contributed by atoms with Crippen LogP contribution in [0.2, 0.25) is 5.02 Å². The van der Waals surface area contributed by atoms with Crippen molar-refractivity contribution in [3.8, 4) is 0 Å². The Morgan fingerprint density at radius 2 is 1.84 bits per heavy atom. The second-order valence-electron chi connectivity index (χ2n) is 8.40. The molecule has 9 heteroatoms. The lowest BCUT2D eigenvalue weighted by molar-refractivity contribution is 0.102. The minimum Gasteiger partial charge on any atom is -0.367 e. The van der Waals surface area contributed by atoms with Crippen LogP contribution in [0.1, 0.15) is 29.9 Å². The number of amides is 1. The van der Waals surface area contributed by atoms with Crippen LogP contribution in [-0.2, 0) is 0 Å². The fraction of sp³-hybridized carbons (Fsp3) is 0.304. The number of hydrogen-bond donors (Lipinski definition) is 2. The second kappa shape index (κ2) is 8.03. The van der Waals surface area contributed by atoms with Crippen molar-refractivity contribution in [2.75, 3.05) is 23.3 Å². The van der Waals surface area contributed by atoms with Crippen molar-refractivity contribution in [1.82, 2.24) is 24.7 Å². The van der Waals surface area contributed by atoms with Crippen molar-refractivity contribution >= 4 is 45.6 Å². The number of fused-ring (bicyclic) bond motifs is 2. The lowest BCUT2D eigenvalue weighted by Crippen LogP contribution is -2.54. The SMILES string of the molecule is Cc1cn2cc(NC(=O)c3ccc(N4C[C@@H](C)N[C@@H](C)C4)c4nccnc34)cc(Cl)c2n1. The third-order valence-electron chi connectivity index (χ3n) is 5.63. The van der Waals surface area contributed by atoms with Gasteiger partial charge in [0, 0.05) is 50.0 Å². The number of carbonyl (C=O) groups excluding carboxylic acids is 1. The fourth-order valence-corrected chi connectivity index (χ4v) is 4.71. The fourth-order valence-electron chi connectivity index (χ4n) is 4.45. The van der Waals surface area contributed by atoms with Crippen LogP contribution in [-0.4, -0.2) is 50.4 Å². The quantitative estimate of drug-likeness (QED) is 0.496. The van der Waals surface area contributed by atoms with E-state index in [4.69, 9.17) is 11.6 Å². The van der Waals surface area contributed by atoms with E-state index in [1.54, 1.807) is 29.1 Å². The molecule has 1 aromatic carbocycles. The monoisotopic (exact) mass is 449 g/mol. The van der Waals surface area contributed by atoms with Gasteiger partial charge in [0.25, 0.3) is 5.91 Å². The lowest BCUT2D eigenvalue weighted by Gasteiger charge is -2.38. The molecule has 0 aliphatic carbocycles. The van der Waals surface area contributed by atoms with Gasteiger partial charge < -0.3 is 19.9 Å². The molecule has 4 heterocycles. The molecule has 164 valence electrons. The molecule has 0 unspecified atom stereocenters. The summed E-state index contributed by atoms with van der Waals surface area (Å²) in [5.41, 5.74) is 4.84. The Morgan fingerprint density at radius 3 is 2.59 bits per heavy atom. The summed E-state index contributed by atoms with van der Waals surface area (Å²) in [6, 6.07) is 6.21. The maximum atomic E-state index is 13.2. The van der Waals surface area contributed by atoms with Crippen LogP contribution >= 0.6 is 11.6 Å². The van der Waals surface area contributed by atoms with Gasteiger partial charge in [0.15, 0.2) is 5.65 Å². The average molecular weight is 450 g/mol. The number of hydrogen-bond acceptors (Lipinski definition) is 6. The zero-order chi connectivity index (χ0) is 22.4. The van der Waals surface area contributed by atoms with Gasteiger partial charge in [0.05, 0.1) is 27.7 Å². The van der Waals surface area contributed by atoms with E-state index in [2.05, 4.69) is 44.3 Å². The number of imidazole rings is 1. The van der Waals surface area contributed by atoms with E-state index in [-0.39, 0.29) is 5.91 Å². The van der Waals surface area contributed by atoms with Gasteiger partial charge >= 0.3 is 0 Å². The predicted octanol–water partition coefficient (Wildman–Crippen LogP) is 3.68. The van der Waals surface area contributed by atoms with Gasteiger partial charge in [-0.05, 0) is 39.0 Å². The summed E-state index contributed by atoms with van der Waals surface area (Å²) < 4.78 is 1.81. The van der Waals surface area contributed by atoms with E-state index in [9.17, 15) is 4.79 Å². The van der Waals surface area contributed by atoms with Crippen molar-refractivity contribution < 1.29 is 4.79 Å². The third-order valence-corrected chi connectivity index (χ3v) is 5.91. The van der Waals surface area contributed by atoms with E-state index in [1.807, 2.05) is 25.3 Å². The highest BCUT2D eigenvalue weighted by atomic mass is 35.5. The highest BCUT2D eigenvalue weighted by Crippen LogP contribution is 2.29. The molecule has 2 N–H and O–H groups in total. The van der Waals surface area contributed by atoms with Gasteiger partial charge in [-0.3, -0.25) is 14.8 Å². The first-order chi connectivity index (χ1) is 15.4. The molecule has 1 aliphatic rings. The minimum atomic E-state index is -0.267. The second-order valence-corrected chi connectivity index (χ2v) is 8.81. The molecule has 8 nitrogen and oxygen atoms in total. The van der Waals surface area contributed by atoms with Crippen LogP contribution < -0.4 is 15.5 Å². The number of pyridine rings is 1. The number of rotatable bonds is 3. The number of carbonyl (C=O) groups is 1. The van der Waals surface area contributed by atoms with E-state index in [0.29, 0.717) is 39.5 Å². The first-order valence-electron chi connectivity index (χ1n) is 10.6. The van der Waals surface area contributed by atoms with Crippen molar-refractivity contribution in [1.29, 1.82) is 0 Å². The summed E-state index contributed by atoms with van der Waals surface area (Å²) in [6.07, 6.45) is 6.94. The van der Waals surface area contributed by atoms with Crippen molar-refractivity contribution in [2.45, 2.75) is 32.9 Å². The Hall–Kier alpha value is -3.23. The van der Waals surface area contributed by atoms with Gasteiger partial charge in [0.1, 0.15) is 11.0 Å². The Bertz CT molecular complexity index is 1320. The molecule has 0 saturated carbocycles. The summed E-state index contributed by atoms with van der Waals surface area (Å²) in [6.45, 7) is 7.97. The number of aryl methyl sites for hydroxylation is 1. The molecule has 1 amide bonds. The molecule has 0 radical (unpaired) electrons. The number of aromatic nitrogens is 4. The summed E-state index contributed by atoms with van der Waals surface area (Å²) >= 11 is 6.36. The number of nitrogens with one attached hydrogen (secondary N) is 2. The van der Waals surface area contributed by atoms with E-state index >= 15 is 0 Å². The normalized spacial score (nSPS) is 18.9. The molecular weight excluding hydrogens is 426 g/mol. The molecule has 1 aliphatic heterocycles. The molecule has 3 aromatic heterocycles. The molecule has 32 heavy (non-hydrogen) atoms. The average Bonchev–Trinajstić information content (AvgIpc) is 3.13. The van der Waals surface area contributed by atoms with E-state index < -0.39 is 0 Å². The van der Waals surface area contributed by atoms with Gasteiger partial charge in [-0.1, -0.05) is 11.6 Å². The van der Waals surface area contributed by atoms with Crippen LogP contribution in [0.25, 0.3) is 16.7 Å². The van der Waals surface area contributed by atoms with Gasteiger partial charge in [0.2, 0.25) is 0 Å². The van der Waals surface area contributed by atoms with Gasteiger partial charge in [-0.15, -0.1) is 0 Å². The highest BCUT2D eigenvalue weighted by Gasteiger charge is 2.24. The minimum absolute atomic E-state index is 0.267. The lowest BCUT2D eigenvalue weighted by atomic mass is 10.1. The first kappa shape index (κ1) is 20.7. The van der Waals surface area contributed by atoms with Crippen LogP contribution in [0.15, 0.2) is 43.0 Å². The topological polar surface area (TPSA) is 87.5 Å². The Kier molecular flexibility index (Phi) is 5.19. The summed E-state index contributed by atoms with van der Waals surface area (Å²) in [7, 11) is 0. The molecule has 4 aromatic rings. The zero-order valence-corrected chi connectivity index (χ0v) is 18.9. The number of benzene rings is 1. The number of halogens is 1. The first-order valence-corrected chi connectivity index (χ1v) is 11.0. The standard InChI is InChI=1S/C23H24ClN7O/c1-13-9-30(10-14(2)27-13)19-5-4-17(20-21(19)26-7-6-25-20)23(32)29-16-8-18(24)22-28-15(3)11-31(22)12-16/h4-8,11-14,27H,9-10H2,1-3H3,(H,29,32)/t13-,14+.